The van der Waals surface area contributed by atoms with E-state index in [4.69, 9.17) is 4.74 Å². The number of allylic oxidation sites excluding steroid dienone is 1. The molecule has 0 amide bonds. The van der Waals surface area contributed by atoms with E-state index < -0.39 is 0 Å². The second kappa shape index (κ2) is 7.10. The summed E-state index contributed by atoms with van der Waals surface area (Å²) in [4.78, 5) is 14.3. The van der Waals surface area contributed by atoms with Crippen molar-refractivity contribution in [2.75, 3.05) is 27.7 Å². The molecule has 0 radical (unpaired) electrons. The topological polar surface area (TPSA) is 29.5 Å². The highest BCUT2D eigenvalue weighted by atomic mass is 16.5. The molecule has 0 aromatic heterocycles. The highest BCUT2D eigenvalue weighted by Crippen LogP contribution is 2.21. The molecule has 3 heteroatoms. The molecule has 104 valence electrons. The van der Waals surface area contributed by atoms with Gasteiger partial charge in [0.15, 0.2) is 5.78 Å². The van der Waals surface area contributed by atoms with Crippen LogP contribution in [0.3, 0.4) is 0 Å². The predicted octanol–water partition coefficient (Wildman–Crippen LogP) is 2.87. The van der Waals surface area contributed by atoms with Gasteiger partial charge >= 0.3 is 0 Å². The van der Waals surface area contributed by atoms with Crippen molar-refractivity contribution >= 4 is 11.9 Å². The SMILES string of the molecule is COc1ccccc1/C=C(\C)C(=O)C(C)CN(C)C. The number of Topliss-reactive ketones (excluding diaryl/α,β-unsaturated/α-hetero) is 1. The van der Waals surface area contributed by atoms with Crippen molar-refractivity contribution in [1.29, 1.82) is 0 Å². The third-order valence-corrected chi connectivity index (χ3v) is 2.99. The van der Waals surface area contributed by atoms with Gasteiger partial charge in [-0.2, -0.15) is 0 Å². The van der Waals surface area contributed by atoms with Crippen molar-refractivity contribution < 1.29 is 9.53 Å². The highest BCUT2D eigenvalue weighted by molar-refractivity contribution is 6.00. The molecule has 1 atom stereocenters. The van der Waals surface area contributed by atoms with E-state index >= 15 is 0 Å². The molecule has 0 aliphatic heterocycles. The molecule has 0 saturated heterocycles. The third-order valence-electron chi connectivity index (χ3n) is 2.99. The molecule has 0 heterocycles. The molecule has 0 saturated carbocycles. The number of ketones is 1. The van der Waals surface area contributed by atoms with Crippen molar-refractivity contribution in [3.05, 3.63) is 35.4 Å². The molecule has 1 unspecified atom stereocenters. The lowest BCUT2D eigenvalue weighted by Crippen LogP contribution is -2.26. The Bertz CT molecular complexity index is 464. The summed E-state index contributed by atoms with van der Waals surface area (Å²) >= 11 is 0. The minimum Gasteiger partial charge on any atom is -0.496 e. The summed E-state index contributed by atoms with van der Waals surface area (Å²) in [5, 5.41) is 0. The van der Waals surface area contributed by atoms with Crippen LogP contribution in [-0.2, 0) is 4.79 Å². The lowest BCUT2D eigenvalue weighted by atomic mass is 9.98. The maximum absolute atomic E-state index is 12.2. The van der Waals surface area contributed by atoms with Gasteiger partial charge in [0, 0.05) is 18.0 Å². The van der Waals surface area contributed by atoms with E-state index in [9.17, 15) is 4.79 Å². The Kier molecular flexibility index (Phi) is 5.77. The second-order valence-electron chi connectivity index (χ2n) is 5.10. The van der Waals surface area contributed by atoms with Crippen molar-refractivity contribution in [3.8, 4) is 5.75 Å². The highest BCUT2D eigenvalue weighted by Gasteiger charge is 2.15. The minimum absolute atomic E-state index is 0.000886. The Morgan fingerprint density at radius 2 is 2.00 bits per heavy atom. The first kappa shape index (κ1) is 15.4. The van der Waals surface area contributed by atoms with E-state index in [1.165, 1.54) is 0 Å². The molecule has 19 heavy (non-hydrogen) atoms. The fourth-order valence-electron chi connectivity index (χ4n) is 2.11. The molecular formula is C16H23NO2. The molecular weight excluding hydrogens is 238 g/mol. The number of carbonyl (C=O) groups is 1. The van der Waals surface area contributed by atoms with E-state index in [1.54, 1.807) is 7.11 Å². The van der Waals surface area contributed by atoms with E-state index in [0.29, 0.717) is 0 Å². The molecule has 3 nitrogen and oxygen atoms in total. The fraction of sp³-hybridized carbons (Fsp3) is 0.438. The minimum atomic E-state index is 0.000886. The average Bonchev–Trinajstić information content (AvgIpc) is 2.37. The number of hydrogen-bond donors (Lipinski definition) is 0. The van der Waals surface area contributed by atoms with Crippen molar-refractivity contribution in [3.63, 3.8) is 0 Å². The number of carbonyl (C=O) groups excluding carboxylic acids is 1. The molecule has 1 rings (SSSR count). The number of methoxy groups -OCH3 is 1. The van der Waals surface area contributed by atoms with Crippen LogP contribution in [0.15, 0.2) is 29.8 Å². The third kappa shape index (κ3) is 4.52. The van der Waals surface area contributed by atoms with Crippen molar-refractivity contribution in [1.82, 2.24) is 4.90 Å². The maximum atomic E-state index is 12.2. The number of ether oxygens (including phenoxy) is 1. The zero-order valence-electron chi connectivity index (χ0n) is 12.4. The maximum Gasteiger partial charge on any atom is 0.162 e. The number of para-hydroxylation sites is 1. The quantitative estimate of drug-likeness (QED) is 0.737. The number of benzene rings is 1. The van der Waals surface area contributed by atoms with Crippen LogP contribution in [0.25, 0.3) is 6.08 Å². The van der Waals surface area contributed by atoms with Gasteiger partial charge < -0.3 is 9.64 Å². The van der Waals surface area contributed by atoms with Gasteiger partial charge in [-0.25, -0.2) is 0 Å². The lowest BCUT2D eigenvalue weighted by molar-refractivity contribution is -0.119. The van der Waals surface area contributed by atoms with Gasteiger partial charge in [-0.05, 0) is 38.7 Å². The van der Waals surface area contributed by atoms with Gasteiger partial charge in [-0.3, -0.25) is 4.79 Å². The van der Waals surface area contributed by atoms with Crippen LogP contribution in [0.2, 0.25) is 0 Å². The summed E-state index contributed by atoms with van der Waals surface area (Å²) in [7, 11) is 5.59. The first-order valence-electron chi connectivity index (χ1n) is 6.46. The summed E-state index contributed by atoms with van der Waals surface area (Å²) in [6, 6.07) is 7.70. The molecule has 0 aliphatic rings. The molecule has 1 aromatic rings. The van der Waals surface area contributed by atoms with Crippen molar-refractivity contribution in [2.24, 2.45) is 5.92 Å². The Hall–Kier alpha value is -1.61. The van der Waals surface area contributed by atoms with Gasteiger partial charge in [0.1, 0.15) is 5.75 Å². The number of hydrogen-bond acceptors (Lipinski definition) is 3. The van der Waals surface area contributed by atoms with Gasteiger partial charge in [-0.15, -0.1) is 0 Å². The fourth-order valence-corrected chi connectivity index (χ4v) is 2.11. The Labute approximate surface area is 115 Å². The Morgan fingerprint density at radius 3 is 2.58 bits per heavy atom. The molecule has 0 fully saturated rings. The van der Waals surface area contributed by atoms with Crippen LogP contribution in [-0.4, -0.2) is 38.4 Å². The van der Waals surface area contributed by atoms with Gasteiger partial charge in [0.05, 0.1) is 7.11 Å². The van der Waals surface area contributed by atoms with Crippen LogP contribution in [0.4, 0.5) is 0 Å². The normalized spacial score (nSPS) is 13.5. The van der Waals surface area contributed by atoms with Gasteiger partial charge in [-0.1, -0.05) is 25.1 Å². The van der Waals surface area contributed by atoms with Crippen molar-refractivity contribution in [2.45, 2.75) is 13.8 Å². The standard InChI is InChI=1S/C16H23NO2/c1-12(16(18)13(2)11-17(3)4)10-14-8-6-7-9-15(14)19-5/h6-10,13H,11H2,1-5H3/b12-10+. The van der Waals surface area contributed by atoms with Gasteiger partial charge in [0.2, 0.25) is 0 Å². The zero-order chi connectivity index (χ0) is 14.4. The summed E-state index contributed by atoms with van der Waals surface area (Å²) in [6.07, 6.45) is 1.90. The summed E-state index contributed by atoms with van der Waals surface area (Å²) < 4.78 is 5.29. The van der Waals surface area contributed by atoms with Crippen LogP contribution in [0.5, 0.6) is 5.75 Å². The van der Waals surface area contributed by atoms with Crippen LogP contribution >= 0.6 is 0 Å². The molecule has 1 aromatic carbocycles. The molecule has 0 N–H and O–H groups in total. The van der Waals surface area contributed by atoms with E-state index in [0.717, 1.165) is 23.4 Å². The van der Waals surface area contributed by atoms with E-state index in [2.05, 4.69) is 0 Å². The zero-order valence-corrected chi connectivity index (χ0v) is 12.4. The Balaban J connectivity index is 2.89. The number of nitrogens with zero attached hydrogens (tertiary/aromatic N) is 1. The van der Waals surface area contributed by atoms with Gasteiger partial charge in [0.25, 0.3) is 0 Å². The Morgan fingerprint density at radius 1 is 1.37 bits per heavy atom. The largest absolute Gasteiger partial charge is 0.496 e. The smallest absolute Gasteiger partial charge is 0.162 e. The van der Waals surface area contributed by atoms with E-state index in [1.807, 2.05) is 63.2 Å². The van der Waals surface area contributed by atoms with Crippen LogP contribution in [0.1, 0.15) is 19.4 Å². The first-order valence-corrected chi connectivity index (χ1v) is 6.46. The van der Waals surface area contributed by atoms with Crippen LogP contribution < -0.4 is 4.74 Å². The average molecular weight is 261 g/mol. The number of rotatable bonds is 6. The summed E-state index contributed by atoms with van der Waals surface area (Å²) in [6.45, 7) is 4.58. The summed E-state index contributed by atoms with van der Waals surface area (Å²) in [5.74, 6) is 0.968. The molecule has 0 bridgehead atoms. The molecule has 0 spiro atoms. The van der Waals surface area contributed by atoms with Crippen LogP contribution in [0, 0.1) is 5.92 Å². The molecule has 0 aliphatic carbocycles. The lowest BCUT2D eigenvalue weighted by Gasteiger charge is -2.16. The van der Waals surface area contributed by atoms with E-state index in [-0.39, 0.29) is 11.7 Å². The monoisotopic (exact) mass is 261 g/mol. The predicted molar refractivity (Wildman–Crippen MR) is 79.4 cm³/mol. The summed E-state index contributed by atoms with van der Waals surface area (Å²) in [5.41, 5.74) is 1.70. The second-order valence-corrected chi connectivity index (χ2v) is 5.10. The first-order chi connectivity index (χ1) is 8.95.